The first-order chi connectivity index (χ1) is 12.5. The molecular weight excluding hydrogens is 348 g/mol. The monoisotopic (exact) mass is 364 g/mol. The van der Waals surface area contributed by atoms with Crippen molar-refractivity contribution in [2.75, 3.05) is 5.32 Å². The van der Waals surface area contributed by atoms with Crippen LogP contribution in [0.5, 0.6) is 0 Å². The van der Waals surface area contributed by atoms with Crippen LogP contribution in [0.2, 0.25) is 0 Å². The van der Waals surface area contributed by atoms with E-state index in [-0.39, 0.29) is 16.8 Å². The third-order valence-electron chi connectivity index (χ3n) is 4.01. The second-order valence-corrected chi connectivity index (χ2v) is 6.40. The van der Waals surface area contributed by atoms with Gasteiger partial charge in [0.25, 0.3) is 11.5 Å². The minimum Gasteiger partial charge on any atom is -0.315 e. The SMILES string of the molecule is Cc1c(NC(=O)/C(C#N)=C\c2ccsc2)c(=O)n(-c2ccccc2)n1C. The Bertz CT molecular complexity index is 1070. The molecule has 0 aliphatic rings. The average molecular weight is 364 g/mol. The summed E-state index contributed by atoms with van der Waals surface area (Å²) in [6, 6.07) is 12.8. The van der Waals surface area contributed by atoms with E-state index >= 15 is 0 Å². The average Bonchev–Trinajstić information content (AvgIpc) is 3.23. The van der Waals surface area contributed by atoms with Crippen molar-refractivity contribution >= 4 is 29.0 Å². The summed E-state index contributed by atoms with van der Waals surface area (Å²) in [5.41, 5.74) is 1.81. The van der Waals surface area contributed by atoms with Crippen molar-refractivity contribution in [2.24, 2.45) is 7.05 Å². The third-order valence-corrected chi connectivity index (χ3v) is 4.71. The van der Waals surface area contributed by atoms with Gasteiger partial charge in [-0.15, -0.1) is 0 Å². The van der Waals surface area contributed by atoms with Crippen molar-refractivity contribution in [3.8, 4) is 11.8 Å². The summed E-state index contributed by atoms with van der Waals surface area (Å²) in [5.74, 6) is -0.607. The maximum absolute atomic E-state index is 12.8. The molecule has 0 saturated heterocycles. The highest BCUT2D eigenvalue weighted by atomic mass is 32.1. The summed E-state index contributed by atoms with van der Waals surface area (Å²) in [4.78, 5) is 25.3. The van der Waals surface area contributed by atoms with Gasteiger partial charge in [-0.1, -0.05) is 18.2 Å². The number of hydrogen-bond donors (Lipinski definition) is 1. The molecule has 1 N–H and O–H groups in total. The van der Waals surface area contributed by atoms with Crippen molar-refractivity contribution in [2.45, 2.75) is 6.92 Å². The second kappa shape index (κ2) is 7.25. The number of para-hydroxylation sites is 1. The topological polar surface area (TPSA) is 79.8 Å². The highest BCUT2D eigenvalue weighted by molar-refractivity contribution is 7.08. The molecule has 0 saturated carbocycles. The first-order valence-corrected chi connectivity index (χ1v) is 8.76. The van der Waals surface area contributed by atoms with Crippen LogP contribution in [0.15, 0.2) is 57.5 Å². The van der Waals surface area contributed by atoms with Crippen LogP contribution in [0.4, 0.5) is 5.69 Å². The second-order valence-electron chi connectivity index (χ2n) is 5.62. The van der Waals surface area contributed by atoms with Crippen molar-refractivity contribution in [3.05, 3.63) is 74.3 Å². The van der Waals surface area contributed by atoms with Crippen molar-refractivity contribution in [1.82, 2.24) is 9.36 Å². The van der Waals surface area contributed by atoms with Crippen LogP contribution in [-0.2, 0) is 11.8 Å². The molecule has 2 aromatic heterocycles. The summed E-state index contributed by atoms with van der Waals surface area (Å²) >= 11 is 1.47. The number of anilines is 1. The van der Waals surface area contributed by atoms with E-state index in [1.165, 1.54) is 22.1 Å². The Morgan fingerprint density at radius 1 is 1.27 bits per heavy atom. The van der Waals surface area contributed by atoms with Gasteiger partial charge in [-0.3, -0.25) is 14.3 Å². The van der Waals surface area contributed by atoms with E-state index in [9.17, 15) is 14.9 Å². The predicted octanol–water partition coefficient (Wildman–Crippen LogP) is 3.09. The standard InChI is InChI=1S/C19H16N4O2S/c1-13-17(19(25)23(22(13)2)16-6-4-3-5-7-16)21-18(24)15(11-20)10-14-8-9-26-12-14/h3-10,12H,1-2H3,(H,21,24)/b15-10-. The van der Waals surface area contributed by atoms with E-state index in [2.05, 4.69) is 5.32 Å². The normalized spacial score (nSPS) is 11.2. The summed E-state index contributed by atoms with van der Waals surface area (Å²) in [7, 11) is 1.74. The van der Waals surface area contributed by atoms with Gasteiger partial charge in [-0.25, -0.2) is 4.68 Å². The van der Waals surface area contributed by atoms with E-state index in [1.807, 2.05) is 53.2 Å². The third kappa shape index (κ3) is 3.23. The Hall–Kier alpha value is -3.37. The zero-order chi connectivity index (χ0) is 18.7. The lowest BCUT2D eigenvalue weighted by atomic mass is 10.2. The number of carbonyl (C=O) groups is 1. The number of nitriles is 1. The van der Waals surface area contributed by atoms with E-state index in [0.29, 0.717) is 11.4 Å². The number of thiophene rings is 1. The molecule has 0 atom stereocenters. The fourth-order valence-corrected chi connectivity index (χ4v) is 3.18. The lowest BCUT2D eigenvalue weighted by Gasteiger charge is -2.07. The Labute approximate surface area is 154 Å². The molecule has 0 spiro atoms. The minimum atomic E-state index is -0.607. The number of rotatable bonds is 4. The number of benzene rings is 1. The number of aromatic nitrogens is 2. The lowest BCUT2D eigenvalue weighted by Crippen LogP contribution is -2.23. The van der Waals surface area contributed by atoms with Crippen LogP contribution in [-0.4, -0.2) is 15.3 Å². The van der Waals surface area contributed by atoms with Gasteiger partial charge in [-0.2, -0.15) is 16.6 Å². The molecule has 0 bridgehead atoms. The predicted molar refractivity (Wildman–Crippen MR) is 102 cm³/mol. The zero-order valence-electron chi connectivity index (χ0n) is 14.3. The van der Waals surface area contributed by atoms with Gasteiger partial charge in [0.1, 0.15) is 17.3 Å². The molecule has 1 aromatic carbocycles. The van der Waals surface area contributed by atoms with Gasteiger partial charge in [0.2, 0.25) is 0 Å². The van der Waals surface area contributed by atoms with Crippen molar-refractivity contribution in [1.29, 1.82) is 5.26 Å². The smallest absolute Gasteiger partial charge is 0.295 e. The molecular formula is C19H16N4O2S. The molecule has 0 unspecified atom stereocenters. The molecule has 3 aromatic rings. The molecule has 3 rings (SSSR count). The van der Waals surface area contributed by atoms with E-state index in [0.717, 1.165) is 5.56 Å². The number of hydrogen-bond acceptors (Lipinski definition) is 4. The van der Waals surface area contributed by atoms with Crippen LogP contribution in [0, 0.1) is 18.3 Å². The largest absolute Gasteiger partial charge is 0.315 e. The van der Waals surface area contributed by atoms with E-state index in [4.69, 9.17) is 0 Å². The molecule has 7 heteroatoms. The van der Waals surface area contributed by atoms with Gasteiger partial charge >= 0.3 is 0 Å². The zero-order valence-corrected chi connectivity index (χ0v) is 15.1. The van der Waals surface area contributed by atoms with Gasteiger partial charge < -0.3 is 5.32 Å². The molecule has 26 heavy (non-hydrogen) atoms. The Morgan fingerprint density at radius 2 is 2.00 bits per heavy atom. The Balaban J connectivity index is 1.97. The highest BCUT2D eigenvalue weighted by Gasteiger charge is 2.19. The van der Waals surface area contributed by atoms with Crippen molar-refractivity contribution < 1.29 is 4.79 Å². The quantitative estimate of drug-likeness (QED) is 0.571. The molecule has 2 heterocycles. The Kier molecular flexibility index (Phi) is 4.87. The molecule has 6 nitrogen and oxygen atoms in total. The number of carbonyl (C=O) groups excluding carboxylic acids is 1. The molecule has 0 radical (unpaired) electrons. The summed E-state index contributed by atoms with van der Waals surface area (Å²) in [5, 5.41) is 15.6. The Morgan fingerprint density at radius 3 is 2.62 bits per heavy atom. The van der Waals surface area contributed by atoms with Gasteiger partial charge in [0.15, 0.2) is 0 Å². The number of nitrogens with one attached hydrogen (secondary N) is 1. The minimum absolute atomic E-state index is 0.0580. The van der Waals surface area contributed by atoms with Crippen molar-refractivity contribution in [3.63, 3.8) is 0 Å². The van der Waals surface area contributed by atoms with E-state index < -0.39 is 5.91 Å². The lowest BCUT2D eigenvalue weighted by molar-refractivity contribution is -0.112. The molecule has 0 fully saturated rings. The molecule has 0 aliphatic heterocycles. The maximum atomic E-state index is 12.8. The highest BCUT2D eigenvalue weighted by Crippen LogP contribution is 2.16. The van der Waals surface area contributed by atoms with Gasteiger partial charge in [0.05, 0.1) is 11.4 Å². The maximum Gasteiger partial charge on any atom is 0.295 e. The summed E-state index contributed by atoms with van der Waals surface area (Å²) in [6.45, 7) is 1.74. The number of amides is 1. The molecule has 0 aliphatic carbocycles. The van der Waals surface area contributed by atoms with Crippen LogP contribution in [0.3, 0.4) is 0 Å². The summed E-state index contributed by atoms with van der Waals surface area (Å²) in [6.07, 6.45) is 1.50. The first-order valence-electron chi connectivity index (χ1n) is 7.82. The van der Waals surface area contributed by atoms with Crippen LogP contribution < -0.4 is 10.9 Å². The van der Waals surface area contributed by atoms with Crippen LogP contribution in [0.25, 0.3) is 11.8 Å². The van der Waals surface area contributed by atoms with Crippen LogP contribution >= 0.6 is 11.3 Å². The van der Waals surface area contributed by atoms with Gasteiger partial charge in [0, 0.05) is 7.05 Å². The van der Waals surface area contributed by atoms with Crippen LogP contribution in [0.1, 0.15) is 11.3 Å². The fraction of sp³-hybridized carbons (Fsp3) is 0.105. The number of nitrogens with zero attached hydrogens (tertiary/aromatic N) is 3. The fourth-order valence-electron chi connectivity index (χ4n) is 2.57. The van der Waals surface area contributed by atoms with Gasteiger partial charge in [-0.05, 0) is 47.5 Å². The summed E-state index contributed by atoms with van der Waals surface area (Å²) < 4.78 is 3.14. The molecule has 130 valence electrons. The first kappa shape index (κ1) is 17.5. The molecule has 1 amide bonds. The van der Waals surface area contributed by atoms with E-state index in [1.54, 1.807) is 18.7 Å².